The molecule has 0 saturated heterocycles. The summed E-state index contributed by atoms with van der Waals surface area (Å²) < 4.78 is 42.3. The number of fused-ring (bicyclic) bond motifs is 1. The summed E-state index contributed by atoms with van der Waals surface area (Å²) in [5, 5.41) is 6.96. The largest absolute Gasteiger partial charge is 0.367 e. The standard InChI is InChI=1S/C22H19ClF3N7/c23-22-27-5-4-18(32-22)30-12-2-1-3-13(8-12)31-21-17(26)10-29-20(33-21)15-9-28-19-14(15)6-11(24)7-16(19)25/h4-7,9-10,12-13,28H,1-3,8H2,(H,27,30,32)(H,29,31,33)/t12-,13-/m1/s1. The average Bonchev–Trinajstić information content (AvgIpc) is 3.20. The minimum Gasteiger partial charge on any atom is -0.367 e. The number of halogens is 4. The second-order valence-corrected chi connectivity index (χ2v) is 8.30. The molecule has 5 rings (SSSR count). The van der Waals surface area contributed by atoms with Crippen LogP contribution in [0.25, 0.3) is 22.3 Å². The maximum absolute atomic E-state index is 14.5. The molecule has 1 aliphatic carbocycles. The number of aromatic amines is 1. The molecular formula is C22H19ClF3N7. The van der Waals surface area contributed by atoms with Crippen LogP contribution in [-0.2, 0) is 0 Å². The van der Waals surface area contributed by atoms with E-state index < -0.39 is 17.5 Å². The highest BCUT2D eigenvalue weighted by molar-refractivity contribution is 6.28. The van der Waals surface area contributed by atoms with Gasteiger partial charge in [-0.1, -0.05) is 0 Å². The maximum atomic E-state index is 14.5. The quantitative estimate of drug-likeness (QED) is 0.340. The highest BCUT2D eigenvalue weighted by atomic mass is 35.5. The van der Waals surface area contributed by atoms with Crippen molar-refractivity contribution >= 4 is 34.1 Å². The van der Waals surface area contributed by atoms with E-state index in [0.29, 0.717) is 17.8 Å². The van der Waals surface area contributed by atoms with Crippen LogP contribution in [0.2, 0.25) is 5.28 Å². The minimum absolute atomic E-state index is 0.0383. The van der Waals surface area contributed by atoms with E-state index in [0.717, 1.165) is 31.5 Å². The van der Waals surface area contributed by atoms with E-state index in [9.17, 15) is 13.2 Å². The molecule has 0 aliphatic heterocycles. The predicted molar refractivity (Wildman–Crippen MR) is 120 cm³/mol. The number of aromatic nitrogens is 5. The van der Waals surface area contributed by atoms with Crippen LogP contribution in [-0.4, -0.2) is 37.0 Å². The predicted octanol–water partition coefficient (Wildman–Crippen LogP) is 5.32. The molecule has 3 heterocycles. The summed E-state index contributed by atoms with van der Waals surface area (Å²) >= 11 is 5.85. The van der Waals surface area contributed by atoms with Gasteiger partial charge in [0.05, 0.1) is 11.7 Å². The second kappa shape index (κ2) is 8.86. The van der Waals surface area contributed by atoms with Crippen molar-refractivity contribution in [3.8, 4) is 11.4 Å². The van der Waals surface area contributed by atoms with Crippen LogP contribution in [0.5, 0.6) is 0 Å². The fourth-order valence-electron chi connectivity index (χ4n) is 4.21. The van der Waals surface area contributed by atoms with E-state index in [1.54, 1.807) is 12.3 Å². The molecule has 3 N–H and O–H groups in total. The SMILES string of the molecule is Fc1cc(F)c2[nH]cc(-c3ncc(F)c(N[C@@H]4CCC[C@@H](Nc5ccnc(Cl)n5)C4)n3)c2c1. The molecule has 1 fully saturated rings. The molecule has 0 amide bonds. The zero-order valence-electron chi connectivity index (χ0n) is 17.2. The Morgan fingerprint density at radius 3 is 2.64 bits per heavy atom. The average molecular weight is 474 g/mol. The highest BCUT2D eigenvalue weighted by Crippen LogP contribution is 2.30. The molecular weight excluding hydrogens is 455 g/mol. The van der Waals surface area contributed by atoms with Crippen molar-refractivity contribution in [2.24, 2.45) is 0 Å². The van der Waals surface area contributed by atoms with Crippen molar-refractivity contribution in [3.05, 3.63) is 59.5 Å². The first-order valence-corrected chi connectivity index (χ1v) is 10.8. The van der Waals surface area contributed by atoms with E-state index in [-0.39, 0.29) is 39.9 Å². The number of hydrogen-bond donors (Lipinski definition) is 3. The summed E-state index contributed by atoms with van der Waals surface area (Å²) in [5.74, 6) is -1.20. The Kier molecular flexibility index (Phi) is 5.76. The number of benzene rings is 1. The molecule has 0 unspecified atom stereocenters. The van der Waals surface area contributed by atoms with Gasteiger partial charge in [0, 0.05) is 41.5 Å². The van der Waals surface area contributed by atoms with Gasteiger partial charge in [-0.2, -0.15) is 0 Å². The van der Waals surface area contributed by atoms with Gasteiger partial charge >= 0.3 is 0 Å². The van der Waals surface area contributed by atoms with E-state index >= 15 is 0 Å². The van der Waals surface area contributed by atoms with Gasteiger partial charge in [0.2, 0.25) is 5.28 Å². The molecule has 1 aliphatic rings. The molecule has 1 saturated carbocycles. The van der Waals surface area contributed by atoms with Crippen LogP contribution < -0.4 is 10.6 Å². The lowest BCUT2D eigenvalue weighted by Crippen LogP contribution is -2.35. The fraction of sp³-hybridized carbons (Fsp3) is 0.273. The molecule has 4 aromatic rings. The third-order valence-corrected chi connectivity index (χ3v) is 5.87. The highest BCUT2D eigenvalue weighted by Gasteiger charge is 2.24. The summed E-state index contributed by atoms with van der Waals surface area (Å²) in [6.45, 7) is 0. The maximum Gasteiger partial charge on any atom is 0.224 e. The number of anilines is 2. The monoisotopic (exact) mass is 473 g/mol. The van der Waals surface area contributed by atoms with Crippen molar-refractivity contribution in [1.29, 1.82) is 0 Å². The molecule has 7 nitrogen and oxygen atoms in total. The Morgan fingerprint density at radius 1 is 1.00 bits per heavy atom. The van der Waals surface area contributed by atoms with Crippen LogP contribution in [0.1, 0.15) is 25.7 Å². The normalized spacial score (nSPS) is 18.4. The molecule has 0 bridgehead atoms. The van der Waals surface area contributed by atoms with Gasteiger partial charge in [-0.25, -0.2) is 33.1 Å². The zero-order chi connectivity index (χ0) is 22.9. The topological polar surface area (TPSA) is 91.4 Å². The van der Waals surface area contributed by atoms with Gasteiger partial charge in [-0.3, -0.25) is 0 Å². The summed E-state index contributed by atoms with van der Waals surface area (Å²) in [6, 6.07) is 3.81. The lowest BCUT2D eigenvalue weighted by molar-refractivity contribution is 0.424. The number of H-pyrrole nitrogens is 1. The van der Waals surface area contributed by atoms with Gasteiger partial charge in [0.1, 0.15) is 17.5 Å². The van der Waals surface area contributed by atoms with Crippen molar-refractivity contribution in [1.82, 2.24) is 24.9 Å². The van der Waals surface area contributed by atoms with E-state index in [1.165, 1.54) is 12.3 Å². The third kappa shape index (κ3) is 4.56. The Hall–Kier alpha value is -3.40. The van der Waals surface area contributed by atoms with Crippen LogP contribution in [0.15, 0.2) is 36.8 Å². The van der Waals surface area contributed by atoms with E-state index in [4.69, 9.17) is 11.6 Å². The summed E-state index contributed by atoms with van der Waals surface area (Å²) in [7, 11) is 0. The van der Waals surface area contributed by atoms with Crippen LogP contribution >= 0.6 is 11.6 Å². The smallest absolute Gasteiger partial charge is 0.224 e. The lowest BCUT2D eigenvalue weighted by Gasteiger charge is -2.31. The Morgan fingerprint density at radius 2 is 1.82 bits per heavy atom. The summed E-state index contributed by atoms with van der Waals surface area (Å²) in [5.41, 5.74) is 0.523. The Balaban J connectivity index is 1.36. The molecule has 2 atom stereocenters. The summed E-state index contributed by atoms with van der Waals surface area (Å²) in [4.78, 5) is 19.1. The van der Waals surface area contributed by atoms with E-state index in [2.05, 4.69) is 35.6 Å². The van der Waals surface area contributed by atoms with Crippen LogP contribution in [0.3, 0.4) is 0 Å². The number of hydrogen-bond acceptors (Lipinski definition) is 6. The Labute approximate surface area is 191 Å². The molecule has 33 heavy (non-hydrogen) atoms. The third-order valence-electron chi connectivity index (χ3n) is 5.68. The number of nitrogens with zero attached hydrogens (tertiary/aromatic N) is 4. The van der Waals surface area contributed by atoms with Gasteiger partial charge in [0.25, 0.3) is 0 Å². The van der Waals surface area contributed by atoms with E-state index in [1.807, 2.05) is 0 Å². The first kappa shape index (κ1) is 21.4. The molecule has 0 spiro atoms. The minimum atomic E-state index is -0.720. The first-order valence-electron chi connectivity index (χ1n) is 10.5. The first-order chi connectivity index (χ1) is 16.0. The molecule has 170 valence electrons. The van der Waals surface area contributed by atoms with Crippen molar-refractivity contribution in [2.45, 2.75) is 37.8 Å². The molecule has 1 aromatic carbocycles. The second-order valence-electron chi connectivity index (χ2n) is 7.96. The number of nitrogens with one attached hydrogen (secondary N) is 3. The van der Waals surface area contributed by atoms with Gasteiger partial charge in [-0.15, -0.1) is 0 Å². The van der Waals surface area contributed by atoms with Crippen LogP contribution in [0, 0.1) is 17.5 Å². The van der Waals surface area contributed by atoms with Gasteiger partial charge in [-0.05, 0) is 49.4 Å². The fourth-order valence-corrected chi connectivity index (χ4v) is 4.36. The van der Waals surface area contributed by atoms with Crippen molar-refractivity contribution < 1.29 is 13.2 Å². The van der Waals surface area contributed by atoms with Crippen LogP contribution in [0.4, 0.5) is 24.8 Å². The van der Waals surface area contributed by atoms with Gasteiger partial charge in [0.15, 0.2) is 17.5 Å². The van der Waals surface area contributed by atoms with Crippen molar-refractivity contribution in [3.63, 3.8) is 0 Å². The van der Waals surface area contributed by atoms with Gasteiger partial charge < -0.3 is 15.6 Å². The van der Waals surface area contributed by atoms with Crippen molar-refractivity contribution in [2.75, 3.05) is 10.6 Å². The zero-order valence-corrected chi connectivity index (χ0v) is 18.0. The summed E-state index contributed by atoms with van der Waals surface area (Å²) in [6.07, 6.45) is 7.53. The molecule has 0 radical (unpaired) electrons. The Bertz CT molecular complexity index is 1310. The number of rotatable bonds is 5. The molecule has 11 heteroatoms. The molecule has 3 aromatic heterocycles. The lowest BCUT2D eigenvalue weighted by atomic mass is 9.91.